The molecule has 1 saturated heterocycles. The van der Waals surface area contributed by atoms with Crippen molar-refractivity contribution >= 4 is 6.09 Å². The average molecular weight is 298 g/mol. The van der Waals surface area contributed by atoms with Crippen molar-refractivity contribution in [2.24, 2.45) is 11.3 Å². The number of nitrogens with zero attached hydrogens (tertiary/aromatic N) is 1. The van der Waals surface area contributed by atoms with Crippen molar-refractivity contribution in [2.45, 2.75) is 73.0 Å². The quantitative estimate of drug-likeness (QED) is 0.864. The molecule has 21 heavy (non-hydrogen) atoms. The van der Waals surface area contributed by atoms with E-state index in [9.17, 15) is 4.79 Å². The predicted octanol–water partition coefficient (Wildman–Crippen LogP) is 3.66. The maximum atomic E-state index is 11.9. The van der Waals surface area contributed by atoms with Crippen LogP contribution in [0.15, 0.2) is 0 Å². The van der Waals surface area contributed by atoms with Gasteiger partial charge < -0.3 is 15.0 Å². The maximum absolute atomic E-state index is 11.9. The molecule has 2 aliphatic rings. The molecule has 0 aromatic carbocycles. The first-order chi connectivity index (χ1) is 9.69. The molecule has 0 aromatic rings. The van der Waals surface area contributed by atoms with Gasteiger partial charge in [-0.25, -0.2) is 4.79 Å². The second-order valence-corrected chi connectivity index (χ2v) is 7.74. The molecular formula is C17H34N2O2. The van der Waals surface area contributed by atoms with Crippen LogP contribution in [-0.2, 0) is 4.74 Å². The topological polar surface area (TPSA) is 41.6 Å². The molecule has 1 heterocycles. The maximum Gasteiger partial charge on any atom is 0.410 e. The van der Waals surface area contributed by atoms with Gasteiger partial charge in [0.15, 0.2) is 0 Å². The second kappa shape index (κ2) is 6.99. The fraction of sp³-hybridized carbons (Fsp3) is 0.941. The van der Waals surface area contributed by atoms with E-state index in [1.54, 1.807) is 0 Å². The molecule has 124 valence electrons. The summed E-state index contributed by atoms with van der Waals surface area (Å²) in [6.45, 7) is 17.0. The van der Waals surface area contributed by atoms with Gasteiger partial charge in [-0.1, -0.05) is 27.7 Å². The molecule has 2 fully saturated rings. The molecule has 0 atom stereocenters. The third-order valence-electron chi connectivity index (χ3n) is 3.88. The molecule has 1 spiro atoms. The fourth-order valence-corrected chi connectivity index (χ4v) is 3.01. The van der Waals surface area contributed by atoms with E-state index in [2.05, 4.69) is 19.2 Å². The summed E-state index contributed by atoms with van der Waals surface area (Å²) in [7, 11) is 0. The van der Waals surface area contributed by atoms with Gasteiger partial charge >= 0.3 is 6.09 Å². The number of rotatable bonds is 3. The summed E-state index contributed by atoms with van der Waals surface area (Å²) in [5.74, 6) is 0.705. The van der Waals surface area contributed by atoms with Gasteiger partial charge in [0.2, 0.25) is 0 Å². The van der Waals surface area contributed by atoms with E-state index >= 15 is 0 Å². The molecular weight excluding hydrogens is 264 g/mol. The highest BCUT2D eigenvalue weighted by atomic mass is 16.6. The number of likely N-dealkylation sites (tertiary alicyclic amines) is 1. The second-order valence-electron chi connectivity index (χ2n) is 7.74. The summed E-state index contributed by atoms with van der Waals surface area (Å²) in [5, 5.41) is 3.59. The Hall–Kier alpha value is -0.770. The first kappa shape index (κ1) is 18.3. The molecule has 1 aliphatic carbocycles. The van der Waals surface area contributed by atoms with E-state index in [-0.39, 0.29) is 11.7 Å². The van der Waals surface area contributed by atoms with Crippen LogP contribution in [0.5, 0.6) is 0 Å². The van der Waals surface area contributed by atoms with Crippen molar-refractivity contribution in [3.8, 4) is 0 Å². The molecule has 0 unspecified atom stereocenters. The first-order valence-corrected chi connectivity index (χ1v) is 8.40. The highest BCUT2D eigenvalue weighted by Gasteiger charge is 2.54. The molecule has 1 aliphatic heterocycles. The SMILES string of the molecule is CC.CC(C)CNC1CC2(C1)CN(C(=O)OC(C)(C)C)C2. The van der Waals surface area contributed by atoms with E-state index in [4.69, 9.17) is 4.74 Å². The largest absolute Gasteiger partial charge is 0.444 e. The molecule has 0 radical (unpaired) electrons. The summed E-state index contributed by atoms with van der Waals surface area (Å²) in [4.78, 5) is 13.7. The molecule has 1 N–H and O–H groups in total. The fourth-order valence-electron chi connectivity index (χ4n) is 3.01. The number of nitrogens with one attached hydrogen (secondary N) is 1. The Morgan fingerprint density at radius 1 is 1.29 bits per heavy atom. The molecule has 0 bridgehead atoms. The minimum absolute atomic E-state index is 0.156. The molecule has 4 nitrogen and oxygen atoms in total. The van der Waals surface area contributed by atoms with Gasteiger partial charge in [0.05, 0.1) is 0 Å². The van der Waals surface area contributed by atoms with Crippen LogP contribution in [0.25, 0.3) is 0 Å². The van der Waals surface area contributed by atoms with Gasteiger partial charge in [-0.05, 0) is 46.1 Å². The van der Waals surface area contributed by atoms with Gasteiger partial charge in [-0.15, -0.1) is 0 Å². The Bertz CT molecular complexity index is 333. The van der Waals surface area contributed by atoms with Crippen LogP contribution >= 0.6 is 0 Å². The van der Waals surface area contributed by atoms with Crippen LogP contribution in [0.2, 0.25) is 0 Å². The molecule has 0 aromatic heterocycles. The van der Waals surface area contributed by atoms with Crippen molar-refractivity contribution in [3.05, 3.63) is 0 Å². The lowest BCUT2D eigenvalue weighted by Crippen LogP contribution is -2.67. The molecule has 1 saturated carbocycles. The number of ether oxygens (including phenoxy) is 1. The monoisotopic (exact) mass is 298 g/mol. The van der Waals surface area contributed by atoms with E-state index in [1.165, 1.54) is 12.8 Å². The van der Waals surface area contributed by atoms with E-state index in [0.29, 0.717) is 17.4 Å². The van der Waals surface area contributed by atoms with E-state index in [0.717, 1.165) is 19.6 Å². The molecule has 4 heteroatoms. The summed E-state index contributed by atoms with van der Waals surface area (Å²) in [6, 6.07) is 0.656. The van der Waals surface area contributed by atoms with Crippen LogP contribution in [-0.4, -0.2) is 42.3 Å². The third kappa shape index (κ3) is 5.17. The standard InChI is InChI=1S/C15H28N2O2.C2H6/c1-11(2)8-16-12-6-15(7-12)9-17(10-15)13(18)19-14(3,4)5;1-2/h11-12,16H,6-10H2,1-5H3;1-2H3. The van der Waals surface area contributed by atoms with Crippen molar-refractivity contribution in [3.63, 3.8) is 0 Å². The van der Waals surface area contributed by atoms with Gasteiger partial charge in [0.25, 0.3) is 0 Å². The van der Waals surface area contributed by atoms with Crippen LogP contribution in [0.1, 0.15) is 61.3 Å². The lowest BCUT2D eigenvalue weighted by Gasteiger charge is -2.58. The zero-order valence-corrected chi connectivity index (χ0v) is 15.0. The zero-order chi connectivity index (χ0) is 16.3. The summed E-state index contributed by atoms with van der Waals surface area (Å²) < 4.78 is 5.38. The smallest absolute Gasteiger partial charge is 0.410 e. The van der Waals surface area contributed by atoms with Gasteiger partial charge in [-0.2, -0.15) is 0 Å². The lowest BCUT2D eigenvalue weighted by molar-refractivity contribution is -0.0830. The van der Waals surface area contributed by atoms with Crippen molar-refractivity contribution in [1.82, 2.24) is 10.2 Å². The lowest BCUT2D eigenvalue weighted by atomic mass is 9.61. The number of hydrogen-bond donors (Lipinski definition) is 1. The highest BCUT2D eigenvalue weighted by Crippen LogP contribution is 2.48. The normalized spacial score (nSPS) is 20.5. The minimum Gasteiger partial charge on any atom is -0.444 e. The Morgan fingerprint density at radius 2 is 1.81 bits per heavy atom. The van der Waals surface area contributed by atoms with Crippen LogP contribution in [0, 0.1) is 11.3 Å². The Morgan fingerprint density at radius 3 is 2.24 bits per heavy atom. The van der Waals surface area contributed by atoms with Gasteiger partial charge in [0.1, 0.15) is 5.60 Å². The summed E-state index contributed by atoms with van der Waals surface area (Å²) >= 11 is 0. The third-order valence-corrected chi connectivity index (χ3v) is 3.88. The first-order valence-electron chi connectivity index (χ1n) is 8.40. The average Bonchev–Trinajstić information content (AvgIpc) is 2.24. The van der Waals surface area contributed by atoms with Crippen LogP contribution < -0.4 is 5.32 Å². The Labute approximate surface area is 130 Å². The number of amides is 1. The zero-order valence-electron chi connectivity index (χ0n) is 15.0. The Balaban J connectivity index is 0.00000106. The number of carbonyl (C=O) groups is 1. The van der Waals surface area contributed by atoms with E-state index in [1.807, 2.05) is 39.5 Å². The summed E-state index contributed by atoms with van der Waals surface area (Å²) in [5.41, 5.74) is 0.00631. The highest BCUT2D eigenvalue weighted by molar-refractivity contribution is 5.69. The van der Waals surface area contributed by atoms with Crippen molar-refractivity contribution < 1.29 is 9.53 Å². The minimum atomic E-state index is -0.388. The molecule has 1 amide bonds. The number of carbonyl (C=O) groups excluding carboxylic acids is 1. The number of hydrogen-bond acceptors (Lipinski definition) is 3. The van der Waals surface area contributed by atoms with Gasteiger partial charge in [-0.3, -0.25) is 0 Å². The van der Waals surface area contributed by atoms with Crippen molar-refractivity contribution in [1.29, 1.82) is 0 Å². The van der Waals surface area contributed by atoms with Crippen LogP contribution in [0.4, 0.5) is 4.79 Å². The van der Waals surface area contributed by atoms with Gasteiger partial charge in [0, 0.05) is 24.5 Å². The van der Waals surface area contributed by atoms with E-state index < -0.39 is 0 Å². The molecule has 2 rings (SSSR count). The predicted molar refractivity (Wildman–Crippen MR) is 87.5 cm³/mol. The Kier molecular flexibility index (Phi) is 6.09. The summed E-state index contributed by atoms with van der Waals surface area (Å²) in [6.07, 6.45) is 2.26. The van der Waals surface area contributed by atoms with Crippen LogP contribution in [0.3, 0.4) is 0 Å². The van der Waals surface area contributed by atoms with Crippen molar-refractivity contribution in [2.75, 3.05) is 19.6 Å².